The number of hydrogen-bond donors (Lipinski definition) is 0. The third kappa shape index (κ3) is 6.78. The fourth-order valence-electron chi connectivity index (χ4n) is 5.31. The summed E-state index contributed by atoms with van der Waals surface area (Å²) in [7, 11) is 0. The zero-order chi connectivity index (χ0) is 33.8. The van der Waals surface area contributed by atoms with E-state index in [1.54, 1.807) is 50.4 Å². The Morgan fingerprint density at radius 2 is 1.19 bits per heavy atom. The number of rotatable bonds is 10. The number of ketones is 1. The number of nitrogens with zero attached hydrogens (tertiary/aromatic N) is 3. The number of furan rings is 1. The van der Waals surface area contributed by atoms with Crippen LogP contribution in [0.25, 0.3) is 27.5 Å². The zero-order valence-electron chi connectivity index (χ0n) is 26.7. The van der Waals surface area contributed by atoms with E-state index in [-0.39, 0.29) is 12.4 Å². The van der Waals surface area contributed by atoms with Gasteiger partial charge in [0.2, 0.25) is 0 Å². The summed E-state index contributed by atoms with van der Waals surface area (Å²) in [6.45, 7) is 6.41. The Kier molecular flexibility index (Phi) is 8.98. The molecule has 0 aliphatic heterocycles. The summed E-state index contributed by atoms with van der Waals surface area (Å²) >= 11 is 0. The van der Waals surface area contributed by atoms with Crippen molar-refractivity contribution in [1.82, 2.24) is 4.57 Å². The minimum absolute atomic E-state index is 0.133. The highest BCUT2D eigenvalue weighted by Gasteiger charge is 2.18. The molecule has 0 N–H and O–H groups in total. The number of benzene rings is 4. The summed E-state index contributed by atoms with van der Waals surface area (Å²) in [5, 5.41) is 9.59. The van der Waals surface area contributed by atoms with Gasteiger partial charge in [-0.3, -0.25) is 4.79 Å². The van der Waals surface area contributed by atoms with Crippen LogP contribution in [0.1, 0.15) is 60.5 Å². The van der Waals surface area contributed by atoms with Crippen molar-refractivity contribution in [3.8, 4) is 11.4 Å². The van der Waals surface area contributed by atoms with E-state index < -0.39 is 11.9 Å². The average Bonchev–Trinajstić information content (AvgIpc) is 3.74. The van der Waals surface area contributed by atoms with E-state index in [4.69, 9.17) is 18.8 Å². The second-order valence-electron chi connectivity index (χ2n) is 11.1. The Balaban J connectivity index is 1.39. The third-order valence-corrected chi connectivity index (χ3v) is 7.69. The molecule has 0 fully saturated rings. The van der Waals surface area contributed by atoms with Gasteiger partial charge in [-0.2, -0.15) is 0 Å². The first kappa shape index (κ1) is 31.7. The average molecular weight is 642 g/mol. The van der Waals surface area contributed by atoms with Crippen LogP contribution in [0.5, 0.6) is 5.75 Å². The van der Waals surface area contributed by atoms with Gasteiger partial charge in [-0.25, -0.2) is 9.59 Å². The molecule has 0 unspecified atom stereocenters. The van der Waals surface area contributed by atoms with Gasteiger partial charge in [0, 0.05) is 41.4 Å². The number of fused-ring (bicyclic) bond motifs is 3. The second-order valence-corrected chi connectivity index (χ2v) is 11.1. The molecule has 4 aromatic carbocycles. The summed E-state index contributed by atoms with van der Waals surface area (Å²) in [5.74, 6) is 0.195. The van der Waals surface area contributed by atoms with Crippen LogP contribution in [-0.4, -0.2) is 33.7 Å². The normalized spacial score (nSPS) is 11.9. The lowest BCUT2D eigenvalue weighted by molar-refractivity contribution is -0.141. The maximum Gasteiger partial charge on any atom is 0.331 e. The van der Waals surface area contributed by atoms with E-state index in [2.05, 4.69) is 14.9 Å². The van der Waals surface area contributed by atoms with Gasteiger partial charge in [-0.1, -0.05) is 28.5 Å². The lowest BCUT2D eigenvalue weighted by Gasteiger charge is -2.10. The summed E-state index contributed by atoms with van der Waals surface area (Å²) in [6, 6.07) is 29.9. The number of ether oxygens (including phenoxy) is 1. The molecule has 240 valence electrons. The molecule has 0 spiro atoms. The van der Waals surface area contributed by atoms with Gasteiger partial charge in [0.05, 0.1) is 28.7 Å². The molecule has 0 saturated heterocycles. The van der Waals surface area contributed by atoms with E-state index in [0.717, 1.165) is 38.6 Å². The standard InChI is InChI=1S/C38H31N3O7/c1-23(39-47-25(3)42)27-7-13-31(14-8-27)41-36-17-11-29(24(2)40-48-26(4)43)20-34(36)35-21-30(12-18-37(35)41)38(44)28-9-15-32(16-10-28)46-22-33-6-5-19-45-33/h5-21H,22H2,1-4H3/b39-23-,40-24+. The van der Waals surface area contributed by atoms with Crippen LogP contribution in [0.15, 0.2) is 118 Å². The van der Waals surface area contributed by atoms with Crippen molar-refractivity contribution in [2.75, 3.05) is 0 Å². The molecule has 10 heteroatoms. The Morgan fingerprint density at radius 1 is 0.646 bits per heavy atom. The van der Waals surface area contributed by atoms with Gasteiger partial charge in [0.15, 0.2) is 5.78 Å². The highest BCUT2D eigenvalue weighted by Crippen LogP contribution is 2.34. The van der Waals surface area contributed by atoms with Gasteiger partial charge in [-0.15, -0.1) is 0 Å². The maximum atomic E-state index is 13.7. The van der Waals surface area contributed by atoms with Gasteiger partial charge in [0.25, 0.3) is 0 Å². The first-order valence-corrected chi connectivity index (χ1v) is 15.1. The summed E-state index contributed by atoms with van der Waals surface area (Å²) in [4.78, 5) is 46.0. The maximum absolute atomic E-state index is 13.7. The molecule has 0 aliphatic carbocycles. The fourth-order valence-corrected chi connectivity index (χ4v) is 5.31. The lowest BCUT2D eigenvalue weighted by Crippen LogP contribution is -2.02. The second kappa shape index (κ2) is 13.6. The van der Waals surface area contributed by atoms with E-state index >= 15 is 0 Å². The molecule has 6 rings (SSSR count). The Morgan fingerprint density at radius 3 is 1.77 bits per heavy atom. The smallest absolute Gasteiger partial charge is 0.331 e. The number of oxime groups is 2. The Hall–Kier alpha value is -6.29. The van der Waals surface area contributed by atoms with Crippen LogP contribution in [0.3, 0.4) is 0 Å². The van der Waals surface area contributed by atoms with Gasteiger partial charge >= 0.3 is 11.9 Å². The number of carbonyl (C=O) groups excluding carboxylic acids is 3. The zero-order valence-corrected chi connectivity index (χ0v) is 26.7. The number of aromatic nitrogens is 1. The number of hydrogen-bond acceptors (Lipinski definition) is 9. The molecule has 0 atom stereocenters. The van der Waals surface area contributed by atoms with Crippen LogP contribution < -0.4 is 4.74 Å². The van der Waals surface area contributed by atoms with Crippen LogP contribution in [0.4, 0.5) is 0 Å². The van der Waals surface area contributed by atoms with Crippen molar-refractivity contribution in [2.45, 2.75) is 34.3 Å². The van der Waals surface area contributed by atoms with Gasteiger partial charge < -0.3 is 23.4 Å². The fraction of sp³-hybridized carbons (Fsp3) is 0.132. The largest absolute Gasteiger partial charge is 0.486 e. The predicted molar refractivity (Wildman–Crippen MR) is 182 cm³/mol. The van der Waals surface area contributed by atoms with Crippen LogP contribution in [0, 0.1) is 0 Å². The van der Waals surface area contributed by atoms with Crippen molar-refractivity contribution < 1.29 is 33.2 Å². The predicted octanol–water partition coefficient (Wildman–Crippen LogP) is 7.76. The van der Waals surface area contributed by atoms with E-state index in [9.17, 15) is 14.4 Å². The molecule has 10 nitrogen and oxygen atoms in total. The van der Waals surface area contributed by atoms with Gasteiger partial charge in [0.1, 0.15) is 18.1 Å². The van der Waals surface area contributed by atoms with Crippen molar-refractivity contribution in [2.24, 2.45) is 10.3 Å². The minimum Gasteiger partial charge on any atom is -0.486 e. The first-order chi connectivity index (χ1) is 23.2. The quantitative estimate of drug-likeness (QED) is 0.0648. The summed E-state index contributed by atoms with van der Waals surface area (Å²) in [5.41, 5.74) is 6.35. The molecule has 0 amide bonds. The summed E-state index contributed by atoms with van der Waals surface area (Å²) in [6.07, 6.45) is 1.59. The molecule has 0 aliphatic rings. The van der Waals surface area contributed by atoms with E-state index in [1.807, 2.05) is 66.7 Å². The number of carbonyl (C=O) groups is 3. The first-order valence-electron chi connectivity index (χ1n) is 15.1. The molecule has 2 aromatic heterocycles. The summed E-state index contributed by atoms with van der Waals surface area (Å²) < 4.78 is 13.2. The molecular weight excluding hydrogens is 610 g/mol. The molecule has 0 radical (unpaired) electrons. The topological polar surface area (TPSA) is 122 Å². The molecule has 48 heavy (non-hydrogen) atoms. The molecule has 0 bridgehead atoms. The van der Waals surface area contributed by atoms with Crippen molar-refractivity contribution in [1.29, 1.82) is 0 Å². The monoisotopic (exact) mass is 641 g/mol. The van der Waals surface area contributed by atoms with Crippen molar-refractivity contribution in [3.63, 3.8) is 0 Å². The van der Waals surface area contributed by atoms with Crippen molar-refractivity contribution in [3.05, 3.63) is 131 Å². The minimum atomic E-state index is -0.510. The molecule has 6 aromatic rings. The lowest BCUT2D eigenvalue weighted by atomic mass is 10.0. The van der Waals surface area contributed by atoms with E-state index in [0.29, 0.717) is 34.1 Å². The van der Waals surface area contributed by atoms with Crippen LogP contribution in [-0.2, 0) is 25.9 Å². The van der Waals surface area contributed by atoms with Crippen molar-refractivity contribution >= 4 is 51.0 Å². The SMILES string of the molecule is CC(=O)O/N=C(/C)c1ccc(-n2c3ccc(C(=O)c4ccc(OCc5ccco5)cc4)cc3c3cc(/C(C)=N/OC(C)=O)ccc32)cc1. The highest BCUT2D eigenvalue weighted by molar-refractivity contribution is 6.16. The Bertz CT molecular complexity index is 2210. The third-order valence-electron chi connectivity index (χ3n) is 7.69. The van der Waals surface area contributed by atoms with E-state index in [1.165, 1.54) is 13.8 Å². The highest BCUT2D eigenvalue weighted by atomic mass is 16.7. The molecule has 2 heterocycles. The van der Waals surface area contributed by atoms with Crippen LogP contribution >= 0.6 is 0 Å². The van der Waals surface area contributed by atoms with Gasteiger partial charge in [-0.05, 0) is 104 Å². The van der Waals surface area contributed by atoms with Crippen LogP contribution in [0.2, 0.25) is 0 Å². The Labute approximate surface area is 275 Å². The molecule has 0 saturated carbocycles. The molecular formula is C38H31N3O7.